The topological polar surface area (TPSA) is 12.0 Å². The first-order valence-corrected chi connectivity index (χ1v) is 9.85. The largest absolute Gasteiger partial charge is 0.309 e. The summed E-state index contributed by atoms with van der Waals surface area (Å²) in [7, 11) is 0. The highest BCUT2D eigenvalue weighted by atomic mass is 32.1. The van der Waals surface area contributed by atoms with E-state index in [1.54, 1.807) is 24.1 Å². The Morgan fingerprint density at radius 2 is 1.81 bits per heavy atom. The number of aryl methyl sites for hydroxylation is 1. The molecule has 21 heavy (non-hydrogen) atoms. The second-order valence-corrected chi connectivity index (χ2v) is 9.08. The van der Waals surface area contributed by atoms with Crippen LogP contribution in [0.3, 0.4) is 0 Å². The van der Waals surface area contributed by atoms with Crippen LogP contribution in [0.15, 0.2) is 11.4 Å². The van der Waals surface area contributed by atoms with E-state index in [1.807, 2.05) is 11.3 Å². The maximum absolute atomic E-state index is 3.98. The summed E-state index contributed by atoms with van der Waals surface area (Å²) >= 11 is 1.99. The van der Waals surface area contributed by atoms with E-state index in [2.05, 4.69) is 30.6 Å². The second-order valence-electron chi connectivity index (χ2n) is 8.13. The first kappa shape index (κ1) is 14.3. The van der Waals surface area contributed by atoms with Crippen LogP contribution >= 0.6 is 11.3 Å². The summed E-state index contributed by atoms with van der Waals surface area (Å²) in [5.74, 6) is 3.13. The Balaban J connectivity index is 1.68. The fourth-order valence-corrected chi connectivity index (χ4v) is 7.23. The van der Waals surface area contributed by atoms with Gasteiger partial charge in [-0.2, -0.15) is 0 Å². The minimum atomic E-state index is 0.583. The third-order valence-electron chi connectivity index (χ3n) is 6.46. The van der Waals surface area contributed by atoms with E-state index in [9.17, 15) is 0 Å². The lowest BCUT2D eigenvalue weighted by atomic mass is 9.47. The summed E-state index contributed by atoms with van der Waals surface area (Å²) in [6, 6.07) is 2.95. The molecule has 1 heterocycles. The summed E-state index contributed by atoms with van der Waals surface area (Å²) < 4.78 is 0. The van der Waals surface area contributed by atoms with Gasteiger partial charge in [0.2, 0.25) is 0 Å². The highest BCUT2D eigenvalue weighted by Crippen LogP contribution is 2.64. The molecule has 5 rings (SSSR count). The van der Waals surface area contributed by atoms with Gasteiger partial charge in [0.25, 0.3) is 0 Å². The van der Waals surface area contributed by atoms with Crippen molar-refractivity contribution in [3.8, 4) is 0 Å². The smallest absolute Gasteiger partial charge is 0.0474 e. The van der Waals surface area contributed by atoms with Crippen molar-refractivity contribution >= 4 is 11.3 Å². The molecule has 1 atom stereocenters. The van der Waals surface area contributed by atoms with Gasteiger partial charge < -0.3 is 5.32 Å². The molecule has 0 spiro atoms. The van der Waals surface area contributed by atoms with E-state index in [1.165, 1.54) is 37.8 Å². The Bertz CT molecular complexity index is 468. The number of hydrogen-bond donors (Lipinski definition) is 1. The van der Waals surface area contributed by atoms with Gasteiger partial charge in [0.15, 0.2) is 0 Å². The van der Waals surface area contributed by atoms with Gasteiger partial charge in [0.05, 0.1) is 0 Å². The first-order chi connectivity index (χ1) is 10.2. The van der Waals surface area contributed by atoms with Crippen LogP contribution in [-0.4, -0.2) is 6.54 Å². The molecule has 1 N–H and O–H groups in total. The van der Waals surface area contributed by atoms with Gasteiger partial charge in [-0.05, 0) is 98.6 Å². The van der Waals surface area contributed by atoms with Gasteiger partial charge in [-0.3, -0.25) is 0 Å². The zero-order valence-electron chi connectivity index (χ0n) is 13.5. The summed E-state index contributed by atoms with van der Waals surface area (Å²) in [5, 5.41) is 6.28. The Kier molecular flexibility index (Phi) is 3.66. The molecular formula is C19H29NS. The van der Waals surface area contributed by atoms with Crippen LogP contribution in [0.2, 0.25) is 0 Å². The van der Waals surface area contributed by atoms with Gasteiger partial charge in [-0.15, -0.1) is 11.3 Å². The van der Waals surface area contributed by atoms with Crippen molar-refractivity contribution in [2.45, 2.75) is 64.8 Å². The van der Waals surface area contributed by atoms with Gasteiger partial charge in [0.1, 0.15) is 0 Å². The standard InChI is InChI=1S/C19H29NS/c1-3-5-20-18(17-13(2)4-6-21-17)19-10-14-7-15(11-19)9-16(8-14)12-19/h4,6,14-16,18,20H,3,5,7-12H2,1-2H3. The molecule has 4 saturated carbocycles. The molecule has 1 aromatic rings. The predicted octanol–water partition coefficient (Wildman–Crippen LogP) is 5.31. The minimum Gasteiger partial charge on any atom is -0.309 e. The molecule has 1 unspecified atom stereocenters. The summed E-state index contributed by atoms with van der Waals surface area (Å²) in [6.45, 7) is 5.78. The average Bonchev–Trinajstić information content (AvgIpc) is 2.84. The monoisotopic (exact) mass is 303 g/mol. The van der Waals surface area contributed by atoms with Crippen LogP contribution in [0.25, 0.3) is 0 Å². The molecule has 4 aliphatic carbocycles. The molecule has 1 aromatic heterocycles. The van der Waals surface area contributed by atoms with Gasteiger partial charge in [-0.25, -0.2) is 0 Å². The highest BCUT2D eigenvalue weighted by Gasteiger charge is 2.54. The summed E-state index contributed by atoms with van der Waals surface area (Å²) in [4.78, 5) is 1.64. The number of hydrogen-bond acceptors (Lipinski definition) is 2. The van der Waals surface area contributed by atoms with Crippen molar-refractivity contribution in [1.82, 2.24) is 5.32 Å². The van der Waals surface area contributed by atoms with Crippen LogP contribution < -0.4 is 5.32 Å². The van der Waals surface area contributed by atoms with Crippen LogP contribution in [0.4, 0.5) is 0 Å². The third-order valence-corrected chi connectivity index (χ3v) is 7.54. The fraction of sp³-hybridized carbons (Fsp3) is 0.789. The quantitative estimate of drug-likeness (QED) is 0.777. The molecule has 116 valence electrons. The molecule has 2 heteroatoms. The molecule has 4 fully saturated rings. The van der Waals surface area contributed by atoms with Crippen molar-refractivity contribution in [1.29, 1.82) is 0 Å². The Morgan fingerprint density at radius 3 is 2.29 bits per heavy atom. The lowest BCUT2D eigenvalue weighted by Crippen LogP contribution is -2.52. The molecule has 1 nitrogen and oxygen atoms in total. The molecule has 4 bridgehead atoms. The SMILES string of the molecule is CCCNC(c1sccc1C)C12CC3CC(CC(C3)C1)C2. The van der Waals surface area contributed by atoms with Crippen molar-refractivity contribution in [3.05, 3.63) is 21.9 Å². The normalized spacial score (nSPS) is 38.9. The predicted molar refractivity (Wildman–Crippen MR) is 90.7 cm³/mol. The van der Waals surface area contributed by atoms with Crippen LogP contribution in [-0.2, 0) is 0 Å². The van der Waals surface area contributed by atoms with E-state index in [4.69, 9.17) is 0 Å². The van der Waals surface area contributed by atoms with E-state index < -0.39 is 0 Å². The highest BCUT2D eigenvalue weighted by molar-refractivity contribution is 7.10. The maximum Gasteiger partial charge on any atom is 0.0474 e. The lowest BCUT2D eigenvalue weighted by Gasteiger charge is -2.59. The first-order valence-electron chi connectivity index (χ1n) is 8.97. The molecular weight excluding hydrogens is 274 g/mol. The maximum atomic E-state index is 3.98. The van der Waals surface area contributed by atoms with E-state index in [0.29, 0.717) is 11.5 Å². The van der Waals surface area contributed by atoms with Crippen LogP contribution in [0.1, 0.15) is 68.4 Å². The molecule has 4 aliphatic rings. The van der Waals surface area contributed by atoms with Gasteiger partial charge in [0, 0.05) is 10.9 Å². The van der Waals surface area contributed by atoms with E-state index in [0.717, 1.165) is 17.8 Å². The van der Waals surface area contributed by atoms with Crippen molar-refractivity contribution in [3.63, 3.8) is 0 Å². The van der Waals surface area contributed by atoms with E-state index >= 15 is 0 Å². The number of thiophene rings is 1. The van der Waals surface area contributed by atoms with E-state index in [-0.39, 0.29) is 0 Å². The lowest BCUT2D eigenvalue weighted by molar-refractivity contribution is -0.0742. The van der Waals surface area contributed by atoms with Crippen molar-refractivity contribution in [2.75, 3.05) is 6.54 Å². The fourth-order valence-electron chi connectivity index (χ4n) is 6.09. The van der Waals surface area contributed by atoms with Crippen LogP contribution in [0.5, 0.6) is 0 Å². The molecule has 0 radical (unpaired) electrons. The van der Waals surface area contributed by atoms with Gasteiger partial charge in [-0.1, -0.05) is 6.92 Å². The Hall–Kier alpha value is -0.340. The van der Waals surface area contributed by atoms with Crippen LogP contribution in [0, 0.1) is 30.1 Å². The average molecular weight is 304 g/mol. The Labute approximate surface area is 133 Å². The summed E-state index contributed by atoms with van der Waals surface area (Å²) in [6.07, 6.45) is 10.4. The molecule has 0 amide bonds. The zero-order valence-corrected chi connectivity index (χ0v) is 14.3. The van der Waals surface area contributed by atoms with Crippen molar-refractivity contribution in [2.24, 2.45) is 23.2 Å². The zero-order chi connectivity index (χ0) is 14.4. The minimum absolute atomic E-state index is 0.583. The molecule has 0 saturated heterocycles. The molecule has 0 aromatic carbocycles. The molecule has 0 aliphatic heterocycles. The second kappa shape index (κ2) is 5.38. The Morgan fingerprint density at radius 1 is 1.19 bits per heavy atom. The van der Waals surface area contributed by atoms with Gasteiger partial charge >= 0.3 is 0 Å². The third kappa shape index (κ3) is 2.39. The number of nitrogens with one attached hydrogen (secondary N) is 1. The summed E-state index contributed by atoms with van der Waals surface area (Å²) in [5.41, 5.74) is 2.10. The van der Waals surface area contributed by atoms with Crippen molar-refractivity contribution < 1.29 is 0 Å². The number of rotatable bonds is 5.